The molecule has 0 aromatic carbocycles. The Bertz CT molecular complexity index is 383. The van der Waals surface area contributed by atoms with E-state index in [-0.39, 0.29) is 6.42 Å². The van der Waals surface area contributed by atoms with Crippen LogP contribution < -0.4 is 5.32 Å². The summed E-state index contributed by atoms with van der Waals surface area (Å²) in [5, 5.41) is 12.2. The van der Waals surface area contributed by atoms with Gasteiger partial charge >= 0.3 is 5.97 Å². The molecule has 3 nitrogen and oxygen atoms in total. The first-order valence-corrected chi connectivity index (χ1v) is 7.56. The second-order valence-corrected chi connectivity index (χ2v) is 6.31. The molecule has 4 heteroatoms. The molecule has 0 amide bonds. The molecule has 2 N–H and O–H groups in total. The highest BCUT2D eigenvalue weighted by Gasteiger charge is 2.13. The number of carboxylic acid groups (broad SMARTS) is 1. The van der Waals surface area contributed by atoms with E-state index in [0.717, 1.165) is 23.9 Å². The van der Waals surface area contributed by atoms with Crippen molar-refractivity contribution in [2.24, 2.45) is 5.92 Å². The van der Waals surface area contributed by atoms with Gasteiger partial charge in [0.15, 0.2) is 0 Å². The molecule has 0 atom stereocenters. The minimum Gasteiger partial charge on any atom is -0.481 e. The molecule has 1 heterocycles. The van der Waals surface area contributed by atoms with Crippen LogP contribution in [-0.4, -0.2) is 17.6 Å². The van der Waals surface area contributed by atoms with Crippen molar-refractivity contribution in [3.05, 3.63) is 21.9 Å². The van der Waals surface area contributed by atoms with E-state index in [1.165, 1.54) is 37.0 Å². The molecule has 0 saturated heterocycles. The maximum absolute atomic E-state index is 10.6. The van der Waals surface area contributed by atoms with Gasteiger partial charge < -0.3 is 10.4 Å². The van der Waals surface area contributed by atoms with Gasteiger partial charge in [0, 0.05) is 16.3 Å². The Labute approximate surface area is 112 Å². The molecule has 1 aliphatic rings. The molecule has 0 radical (unpaired) electrons. The van der Waals surface area contributed by atoms with E-state index >= 15 is 0 Å². The van der Waals surface area contributed by atoms with Gasteiger partial charge in [0.2, 0.25) is 0 Å². The van der Waals surface area contributed by atoms with E-state index in [4.69, 9.17) is 5.11 Å². The number of aliphatic carboxylic acids is 1. The van der Waals surface area contributed by atoms with Gasteiger partial charge in [-0.3, -0.25) is 4.79 Å². The van der Waals surface area contributed by atoms with Crippen LogP contribution in [0.3, 0.4) is 0 Å². The fourth-order valence-electron chi connectivity index (χ4n) is 2.58. The Morgan fingerprint density at radius 2 is 2.06 bits per heavy atom. The summed E-state index contributed by atoms with van der Waals surface area (Å²) >= 11 is 1.60. The number of nitrogens with one attached hydrogen (secondary N) is 1. The number of carboxylic acids is 1. The number of hydrogen-bond donors (Lipinski definition) is 2. The van der Waals surface area contributed by atoms with Gasteiger partial charge in [-0.25, -0.2) is 0 Å². The third-order valence-electron chi connectivity index (χ3n) is 3.55. The Kier molecular flexibility index (Phi) is 5.20. The zero-order valence-electron chi connectivity index (χ0n) is 10.7. The second kappa shape index (κ2) is 6.90. The van der Waals surface area contributed by atoms with E-state index in [9.17, 15) is 4.79 Å². The van der Waals surface area contributed by atoms with Gasteiger partial charge in [0.1, 0.15) is 0 Å². The molecule has 1 aromatic rings. The number of rotatable bonds is 7. The van der Waals surface area contributed by atoms with Crippen LogP contribution in [0.25, 0.3) is 0 Å². The molecular formula is C14H21NO2S. The summed E-state index contributed by atoms with van der Waals surface area (Å²) in [7, 11) is 0. The molecule has 0 bridgehead atoms. The van der Waals surface area contributed by atoms with Crippen LogP contribution in [0.1, 0.15) is 41.9 Å². The first kappa shape index (κ1) is 13.6. The highest BCUT2D eigenvalue weighted by molar-refractivity contribution is 7.12. The summed E-state index contributed by atoms with van der Waals surface area (Å²) in [4.78, 5) is 12.8. The smallest absolute Gasteiger partial charge is 0.308 e. The monoisotopic (exact) mass is 267 g/mol. The number of carbonyl (C=O) groups is 1. The van der Waals surface area contributed by atoms with E-state index in [2.05, 4.69) is 5.32 Å². The third kappa shape index (κ3) is 4.42. The summed E-state index contributed by atoms with van der Waals surface area (Å²) in [6.45, 7) is 1.95. The highest BCUT2D eigenvalue weighted by Crippen LogP contribution is 2.27. The van der Waals surface area contributed by atoms with Crippen LogP contribution in [0.2, 0.25) is 0 Å². The van der Waals surface area contributed by atoms with Gasteiger partial charge in [-0.15, -0.1) is 11.3 Å². The van der Waals surface area contributed by atoms with Gasteiger partial charge in [0.05, 0.1) is 6.42 Å². The van der Waals surface area contributed by atoms with E-state index in [1.54, 1.807) is 11.3 Å². The summed E-state index contributed by atoms with van der Waals surface area (Å²) in [6, 6.07) is 3.96. The standard InChI is InChI=1S/C14H21NO2S/c16-14(17)9-12-5-6-13(18-12)10-15-8-7-11-3-1-2-4-11/h5-6,11,15H,1-4,7-10H2,(H,16,17). The van der Waals surface area contributed by atoms with Crippen LogP contribution in [0.5, 0.6) is 0 Å². The van der Waals surface area contributed by atoms with Crippen molar-refractivity contribution >= 4 is 17.3 Å². The predicted octanol–water partition coefficient (Wildman–Crippen LogP) is 3.05. The van der Waals surface area contributed by atoms with E-state index in [0.29, 0.717) is 0 Å². The van der Waals surface area contributed by atoms with Gasteiger partial charge in [-0.05, 0) is 31.0 Å². The van der Waals surface area contributed by atoms with Gasteiger partial charge in [-0.1, -0.05) is 25.7 Å². The minimum absolute atomic E-state index is 0.146. The minimum atomic E-state index is -0.752. The van der Waals surface area contributed by atoms with Crippen LogP contribution in [0.15, 0.2) is 12.1 Å². The Morgan fingerprint density at radius 1 is 1.33 bits per heavy atom. The first-order valence-electron chi connectivity index (χ1n) is 6.74. The van der Waals surface area contributed by atoms with Crippen molar-refractivity contribution in [1.82, 2.24) is 5.32 Å². The van der Waals surface area contributed by atoms with Crippen molar-refractivity contribution in [2.45, 2.75) is 45.1 Å². The van der Waals surface area contributed by atoms with Crippen LogP contribution in [0, 0.1) is 5.92 Å². The first-order chi connectivity index (χ1) is 8.74. The molecule has 0 spiro atoms. The van der Waals surface area contributed by atoms with Crippen molar-refractivity contribution in [1.29, 1.82) is 0 Å². The fourth-order valence-corrected chi connectivity index (χ4v) is 3.56. The van der Waals surface area contributed by atoms with Crippen LogP contribution >= 0.6 is 11.3 Å². The Hall–Kier alpha value is -0.870. The van der Waals surface area contributed by atoms with Gasteiger partial charge in [-0.2, -0.15) is 0 Å². The summed E-state index contributed by atoms with van der Waals surface area (Å²) in [5.74, 6) is 0.181. The molecule has 1 aliphatic carbocycles. The maximum Gasteiger partial charge on any atom is 0.308 e. The average molecular weight is 267 g/mol. The highest BCUT2D eigenvalue weighted by atomic mass is 32.1. The van der Waals surface area contributed by atoms with Crippen molar-refractivity contribution in [3.8, 4) is 0 Å². The lowest BCUT2D eigenvalue weighted by atomic mass is 10.0. The third-order valence-corrected chi connectivity index (χ3v) is 4.63. The molecule has 18 heavy (non-hydrogen) atoms. The summed E-state index contributed by atoms with van der Waals surface area (Å²) in [6.07, 6.45) is 7.06. The zero-order chi connectivity index (χ0) is 12.8. The van der Waals surface area contributed by atoms with Crippen LogP contribution in [0.4, 0.5) is 0 Å². The van der Waals surface area contributed by atoms with Crippen molar-refractivity contribution in [2.75, 3.05) is 6.54 Å². The molecular weight excluding hydrogens is 246 g/mol. The lowest BCUT2D eigenvalue weighted by Crippen LogP contribution is -2.16. The molecule has 0 unspecified atom stereocenters. The molecule has 100 valence electrons. The molecule has 1 fully saturated rings. The molecule has 2 rings (SSSR count). The lowest BCUT2D eigenvalue weighted by Gasteiger charge is -2.08. The van der Waals surface area contributed by atoms with Gasteiger partial charge in [0.25, 0.3) is 0 Å². The maximum atomic E-state index is 10.6. The summed E-state index contributed by atoms with van der Waals surface area (Å²) < 4.78 is 0. The fraction of sp³-hybridized carbons (Fsp3) is 0.643. The lowest BCUT2D eigenvalue weighted by molar-refractivity contribution is -0.136. The SMILES string of the molecule is O=C(O)Cc1ccc(CNCCC2CCCC2)s1. The van der Waals surface area contributed by atoms with Crippen molar-refractivity contribution < 1.29 is 9.90 Å². The predicted molar refractivity (Wildman–Crippen MR) is 73.9 cm³/mol. The average Bonchev–Trinajstić information content (AvgIpc) is 2.95. The molecule has 1 saturated carbocycles. The Morgan fingerprint density at radius 3 is 2.78 bits per heavy atom. The quantitative estimate of drug-likeness (QED) is 0.747. The normalized spacial score (nSPS) is 16.2. The number of thiophene rings is 1. The Balaban J connectivity index is 1.63. The second-order valence-electron chi connectivity index (χ2n) is 5.05. The van der Waals surface area contributed by atoms with E-state index in [1.807, 2.05) is 12.1 Å². The summed E-state index contributed by atoms with van der Waals surface area (Å²) in [5.41, 5.74) is 0. The van der Waals surface area contributed by atoms with E-state index < -0.39 is 5.97 Å². The van der Waals surface area contributed by atoms with Crippen molar-refractivity contribution in [3.63, 3.8) is 0 Å². The topological polar surface area (TPSA) is 49.3 Å². The zero-order valence-corrected chi connectivity index (χ0v) is 11.5. The van der Waals surface area contributed by atoms with Crippen LogP contribution in [-0.2, 0) is 17.8 Å². The number of hydrogen-bond acceptors (Lipinski definition) is 3. The largest absolute Gasteiger partial charge is 0.481 e. The molecule has 1 aromatic heterocycles. The molecule has 0 aliphatic heterocycles.